The molecule has 2 aromatic rings. The van der Waals surface area contributed by atoms with Crippen LogP contribution in [0.15, 0.2) is 47.6 Å². The van der Waals surface area contributed by atoms with Crippen molar-refractivity contribution in [1.29, 1.82) is 0 Å². The van der Waals surface area contributed by atoms with Gasteiger partial charge in [-0.2, -0.15) is 0 Å². The van der Waals surface area contributed by atoms with E-state index < -0.39 is 11.7 Å². The minimum atomic E-state index is -0.540. The lowest BCUT2D eigenvalue weighted by atomic mass is 10.1. The Balaban J connectivity index is 1.43. The van der Waals surface area contributed by atoms with E-state index in [4.69, 9.17) is 25.8 Å². The van der Waals surface area contributed by atoms with Gasteiger partial charge in [-0.1, -0.05) is 41.0 Å². The number of carbonyl (C=O) groups is 1. The Morgan fingerprint density at radius 1 is 1.13 bits per heavy atom. The quantitative estimate of drug-likeness (QED) is 0.554. The van der Waals surface area contributed by atoms with E-state index in [0.717, 1.165) is 11.1 Å². The zero-order chi connectivity index (χ0) is 22.2. The molecule has 0 radical (unpaired) electrons. The summed E-state index contributed by atoms with van der Waals surface area (Å²) in [7, 11) is 0. The molecule has 0 saturated carbocycles. The molecule has 1 aliphatic carbocycles. The molecule has 1 aliphatic heterocycles. The van der Waals surface area contributed by atoms with Crippen molar-refractivity contribution in [2.24, 2.45) is 5.16 Å². The number of benzene rings is 2. The van der Waals surface area contributed by atoms with E-state index in [1.165, 1.54) is 0 Å². The van der Waals surface area contributed by atoms with Gasteiger partial charge in [0, 0.05) is 23.1 Å². The monoisotopic (exact) mass is 444 g/mol. The van der Waals surface area contributed by atoms with Crippen molar-refractivity contribution in [3.05, 3.63) is 58.6 Å². The highest BCUT2D eigenvalue weighted by molar-refractivity contribution is 6.30. The number of rotatable bonds is 4. The summed E-state index contributed by atoms with van der Waals surface area (Å²) in [6.07, 6.45) is -0.402. The van der Waals surface area contributed by atoms with E-state index in [0.29, 0.717) is 41.7 Å². The van der Waals surface area contributed by atoms with Crippen molar-refractivity contribution < 1.29 is 24.2 Å². The number of fused-ring (bicyclic) bond motifs is 1. The molecule has 0 spiro atoms. The third-order valence-electron chi connectivity index (χ3n) is 5.08. The molecule has 31 heavy (non-hydrogen) atoms. The lowest BCUT2D eigenvalue weighted by molar-refractivity contribution is -0.0228. The highest BCUT2D eigenvalue weighted by Gasteiger charge is 2.36. The zero-order valence-corrected chi connectivity index (χ0v) is 18.4. The minimum absolute atomic E-state index is 0.194. The molecule has 164 valence electrons. The number of oxime groups is 1. The second-order valence-electron chi connectivity index (χ2n) is 8.67. The number of amides is 1. The fourth-order valence-corrected chi connectivity index (χ4v) is 3.79. The zero-order valence-electron chi connectivity index (χ0n) is 17.7. The minimum Gasteiger partial charge on any atom is -0.483 e. The van der Waals surface area contributed by atoms with Gasteiger partial charge in [-0.25, -0.2) is 4.79 Å². The third kappa shape index (κ3) is 4.71. The Hall–Kier alpha value is -2.93. The van der Waals surface area contributed by atoms with Crippen LogP contribution in [0.2, 0.25) is 5.02 Å². The van der Waals surface area contributed by atoms with Crippen molar-refractivity contribution in [2.75, 3.05) is 13.1 Å². The largest absolute Gasteiger partial charge is 0.483 e. The highest BCUT2D eigenvalue weighted by atomic mass is 35.5. The molecule has 1 fully saturated rings. The first-order chi connectivity index (χ1) is 14.7. The van der Waals surface area contributed by atoms with Crippen LogP contribution in [0.3, 0.4) is 0 Å². The molecular formula is C23H25ClN2O5. The van der Waals surface area contributed by atoms with Crippen LogP contribution in [0.1, 0.15) is 31.9 Å². The summed E-state index contributed by atoms with van der Waals surface area (Å²) in [5.41, 5.74) is 1.88. The van der Waals surface area contributed by atoms with Gasteiger partial charge in [-0.15, -0.1) is 0 Å². The topological polar surface area (TPSA) is 80.6 Å². The Morgan fingerprint density at radius 3 is 2.58 bits per heavy atom. The van der Waals surface area contributed by atoms with E-state index in [2.05, 4.69) is 5.16 Å². The van der Waals surface area contributed by atoms with Gasteiger partial charge < -0.3 is 24.3 Å². The molecule has 1 atom stereocenters. The highest BCUT2D eigenvalue weighted by Crippen LogP contribution is 2.35. The van der Waals surface area contributed by atoms with Gasteiger partial charge >= 0.3 is 6.09 Å². The van der Waals surface area contributed by atoms with Crippen LogP contribution in [0.4, 0.5) is 4.79 Å². The van der Waals surface area contributed by atoms with Crippen LogP contribution in [0.5, 0.6) is 11.5 Å². The number of nitrogens with zero attached hydrogens (tertiary/aromatic N) is 2. The molecule has 7 nitrogen and oxygen atoms in total. The summed E-state index contributed by atoms with van der Waals surface area (Å²) in [4.78, 5) is 13.7. The molecular weight excluding hydrogens is 420 g/mol. The first kappa shape index (κ1) is 21.3. The Kier molecular flexibility index (Phi) is 5.71. The van der Waals surface area contributed by atoms with Crippen LogP contribution in [-0.4, -0.2) is 52.8 Å². The lowest BCUT2D eigenvalue weighted by Gasteiger charge is -2.39. The van der Waals surface area contributed by atoms with Gasteiger partial charge in [-0.3, -0.25) is 0 Å². The third-order valence-corrected chi connectivity index (χ3v) is 5.31. The molecule has 2 aliphatic rings. The normalized spacial score (nSPS) is 19.7. The van der Waals surface area contributed by atoms with E-state index in [9.17, 15) is 10.0 Å². The number of hydrogen-bond donors (Lipinski definition) is 1. The standard InChI is InChI=1S/C23H25ClN2O5/c1-23(2,3)31-22(27)26-12-16(13-26)29-19-11-15(24)8-9-18(19)30-20-10-14-6-4-5-7-17(14)21(20)25-28/h4-9,11,16,20,28H,10,12-13H2,1-3H3. The van der Waals surface area contributed by atoms with Crippen LogP contribution >= 0.6 is 11.6 Å². The first-order valence-electron chi connectivity index (χ1n) is 10.1. The van der Waals surface area contributed by atoms with Gasteiger partial charge in [0.05, 0.1) is 13.1 Å². The van der Waals surface area contributed by atoms with Gasteiger partial charge in [0.2, 0.25) is 0 Å². The number of hydrogen-bond acceptors (Lipinski definition) is 6. The summed E-state index contributed by atoms with van der Waals surface area (Å²) in [6.45, 7) is 6.33. The van der Waals surface area contributed by atoms with Crippen molar-refractivity contribution in [3.63, 3.8) is 0 Å². The molecule has 1 unspecified atom stereocenters. The van der Waals surface area contributed by atoms with Crippen molar-refractivity contribution >= 4 is 23.4 Å². The average Bonchev–Trinajstić information content (AvgIpc) is 3.01. The summed E-state index contributed by atoms with van der Waals surface area (Å²) < 4.78 is 17.6. The maximum atomic E-state index is 12.1. The Morgan fingerprint density at radius 2 is 1.87 bits per heavy atom. The molecule has 0 aromatic heterocycles. The van der Waals surface area contributed by atoms with E-state index in [-0.39, 0.29) is 12.2 Å². The molecule has 8 heteroatoms. The second kappa shape index (κ2) is 8.30. The Labute approximate surface area is 186 Å². The number of ether oxygens (including phenoxy) is 3. The van der Waals surface area contributed by atoms with Gasteiger partial charge in [0.15, 0.2) is 11.5 Å². The van der Waals surface area contributed by atoms with Crippen molar-refractivity contribution in [3.8, 4) is 11.5 Å². The predicted molar refractivity (Wildman–Crippen MR) is 117 cm³/mol. The number of likely N-dealkylation sites (tertiary alicyclic amines) is 1. The SMILES string of the molecule is CC(C)(C)OC(=O)N1CC(Oc2cc(Cl)ccc2OC2Cc3ccccc3C2=NO)C1. The summed E-state index contributed by atoms with van der Waals surface area (Å²) in [6, 6.07) is 12.9. The predicted octanol–water partition coefficient (Wildman–Crippen LogP) is 4.52. The molecule has 1 amide bonds. The van der Waals surface area contributed by atoms with Crippen LogP contribution in [0.25, 0.3) is 0 Å². The molecule has 0 bridgehead atoms. The molecule has 1 heterocycles. The summed E-state index contributed by atoms with van der Waals surface area (Å²) in [5, 5.41) is 13.5. The smallest absolute Gasteiger partial charge is 0.410 e. The maximum absolute atomic E-state index is 12.1. The maximum Gasteiger partial charge on any atom is 0.410 e. The van der Waals surface area contributed by atoms with Crippen LogP contribution in [-0.2, 0) is 11.2 Å². The molecule has 4 rings (SSSR count). The van der Waals surface area contributed by atoms with Gasteiger partial charge in [0.25, 0.3) is 0 Å². The fourth-order valence-electron chi connectivity index (χ4n) is 3.63. The van der Waals surface area contributed by atoms with E-state index in [1.54, 1.807) is 23.1 Å². The summed E-state index contributed by atoms with van der Waals surface area (Å²) in [5.74, 6) is 0.980. The average molecular weight is 445 g/mol. The van der Waals surface area contributed by atoms with Crippen LogP contribution in [0, 0.1) is 0 Å². The lowest BCUT2D eigenvalue weighted by Crippen LogP contribution is -2.57. The molecule has 2 aromatic carbocycles. The van der Waals surface area contributed by atoms with Crippen LogP contribution < -0.4 is 9.47 Å². The molecule has 1 saturated heterocycles. The van der Waals surface area contributed by atoms with Gasteiger partial charge in [-0.05, 0) is 38.5 Å². The van der Waals surface area contributed by atoms with Gasteiger partial charge in [0.1, 0.15) is 23.5 Å². The fraction of sp³-hybridized carbons (Fsp3) is 0.391. The molecule has 1 N–H and O–H groups in total. The first-order valence-corrected chi connectivity index (χ1v) is 10.5. The Bertz CT molecular complexity index is 1010. The van der Waals surface area contributed by atoms with Crippen molar-refractivity contribution in [1.82, 2.24) is 4.90 Å². The number of carbonyl (C=O) groups excluding carboxylic acids is 1. The van der Waals surface area contributed by atoms with E-state index >= 15 is 0 Å². The van der Waals surface area contributed by atoms with Crippen molar-refractivity contribution in [2.45, 2.75) is 45.0 Å². The summed E-state index contributed by atoms with van der Waals surface area (Å²) >= 11 is 6.18. The van der Waals surface area contributed by atoms with E-state index in [1.807, 2.05) is 45.0 Å². The second-order valence-corrected chi connectivity index (χ2v) is 9.11. The number of halogens is 1.